The Balaban J connectivity index is 2.40. The summed E-state index contributed by atoms with van der Waals surface area (Å²) in [5, 5.41) is 3.30. The van der Waals surface area contributed by atoms with Crippen LogP contribution in [0.25, 0.3) is 0 Å². The van der Waals surface area contributed by atoms with Crippen LogP contribution in [0.2, 0.25) is 0 Å². The number of nitrogens with zero attached hydrogens (tertiary/aromatic N) is 2. The lowest BCUT2D eigenvalue weighted by Crippen LogP contribution is -2.43. The third-order valence-corrected chi connectivity index (χ3v) is 5.46. The molecule has 0 aromatic heterocycles. The second-order valence-electron chi connectivity index (χ2n) is 5.69. The summed E-state index contributed by atoms with van der Waals surface area (Å²) in [4.78, 5) is 0. The van der Waals surface area contributed by atoms with Crippen molar-refractivity contribution in [3.05, 3.63) is 0 Å². The minimum absolute atomic E-state index is 0.448. The lowest BCUT2D eigenvalue weighted by Gasteiger charge is -2.26. The van der Waals surface area contributed by atoms with E-state index in [1.54, 1.807) is 11.4 Å². The molecule has 1 aliphatic rings. The van der Waals surface area contributed by atoms with Crippen molar-refractivity contribution in [2.75, 3.05) is 33.2 Å². The first-order chi connectivity index (χ1) is 8.87. The molecule has 1 rings (SSSR count). The van der Waals surface area contributed by atoms with Crippen molar-refractivity contribution in [2.45, 2.75) is 46.1 Å². The van der Waals surface area contributed by atoms with Crippen molar-refractivity contribution in [3.8, 4) is 0 Å². The SMILES string of the molecule is CCN(CC1CC1)S(=O)(=O)N(C)CCCNC(C)C. The van der Waals surface area contributed by atoms with Crippen molar-refractivity contribution in [2.24, 2.45) is 5.92 Å². The summed E-state index contributed by atoms with van der Waals surface area (Å²) < 4.78 is 27.9. The summed E-state index contributed by atoms with van der Waals surface area (Å²) in [6.45, 7) is 8.77. The lowest BCUT2D eigenvalue weighted by atomic mass is 10.3. The van der Waals surface area contributed by atoms with Gasteiger partial charge in [-0.15, -0.1) is 0 Å². The summed E-state index contributed by atoms with van der Waals surface area (Å²) >= 11 is 0. The van der Waals surface area contributed by atoms with Crippen LogP contribution in [0, 0.1) is 5.92 Å². The average Bonchev–Trinajstić information content (AvgIpc) is 3.14. The Hall–Kier alpha value is -0.170. The van der Waals surface area contributed by atoms with E-state index in [9.17, 15) is 8.42 Å². The predicted molar refractivity (Wildman–Crippen MR) is 79.3 cm³/mol. The van der Waals surface area contributed by atoms with E-state index in [4.69, 9.17) is 0 Å². The first-order valence-electron chi connectivity index (χ1n) is 7.32. The summed E-state index contributed by atoms with van der Waals surface area (Å²) in [5.74, 6) is 0.589. The lowest BCUT2D eigenvalue weighted by molar-refractivity contribution is 0.355. The number of nitrogens with one attached hydrogen (secondary N) is 1. The second-order valence-corrected chi connectivity index (χ2v) is 7.72. The molecular formula is C13H29N3O2S. The predicted octanol–water partition coefficient (Wildman–Crippen LogP) is 1.28. The van der Waals surface area contributed by atoms with E-state index in [2.05, 4.69) is 19.2 Å². The minimum Gasteiger partial charge on any atom is -0.314 e. The van der Waals surface area contributed by atoms with Crippen molar-refractivity contribution >= 4 is 10.2 Å². The van der Waals surface area contributed by atoms with Crippen LogP contribution in [0.1, 0.15) is 40.0 Å². The fourth-order valence-electron chi connectivity index (χ4n) is 1.98. The van der Waals surface area contributed by atoms with E-state index in [-0.39, 0.29) is 0 Å². The molecule has 0 amide bonds. The molecular weight excluding hydrogens is 262 g/mol. The van der Waals surface area contributed by atoms with Crippen LogP contribution in [-0.2, 0) is 10.2 Å². The van der Waals surface area contributed by atoms with E-state index in [0.717, 1.165) is 13.0 Å². The van der Waals surface area contributed by atoms with Gasteiger partial charge in [0.15, 0.2) is 0 Å². The standard InChI is InChI=1S/C13H29N3O2S/c1-5-16(11-13-7-8-13)19(17,18)15(4)10-6-9-14-12(2)3/h12-14H,5-11H2,1-4H3. The number of hydrogen-bond donors (Lipinski definition) is 1. The largest absolute Gasteiger partial charge is 0.314 e. The van der Waals surface area contributed by atoms with Gasteiger partial charge in [-0.2, -0.15) is 17.0 Å². The molecule has 6 heteroatoms. The highest BCUT2D eigenvalue weighted by molar-refractivity contribution is 7.86. The van der Waals surface area contributed by atoms with Crippen molar-refractivity contribution in [1.29, 1.82) is 0 Å². The topological polar surface area (TPSA) is 52.7 Å². The Morgan fingerprint density at radius 2 is 1.95 bits per heavy atom. The molecule has 0 heterocycles. The molecule has 0 bridgehead atoms. The van der Waals surface area contributed by atoms with Gasteiger partial charge in [0.25, 0.3) is 10.2 Å². The molecule has 0 aromatic rings. The summed E-state index contributed by atoms with van der Waals surface area (Å²) in [6.07, 6.45) is 3.19. The van der Waals surface area contributed by atoms with Crippen LogP contribution in [-0.4, -0.2) is 56.3 Å². The molecule has 19 heavy (non-hydrogen) atoms. The highest BCUT2D eigenvalue weighted by atomic mass is 32.2. The van der Waals surface area contributed by atoms with E-state index < -0.39 is 10.2 Å². The Bertz CT molecular complexity index is 353. The van der Waals surface area contributed by atoms with Gasteiger partial charge in [-0.25, -0.2) is 0 Å². The van der Waals surface area contributed by atoms with Gasteiger partial charge in [0.1, 0.15) is 0 Å². The molecule has 5 nitrogen and oxygen atoms in total. The van der Waals surface area contributed by atoms with Crippen molar-refractivity contribution in [3.63, 3.8) is 0 Å². The normalized spacial score (nSPS) is 16.8. The first kappa shape index (κ1) is 16.9. The summed E-state index contributed by atoms with van der Waals surface area (Å²) in [7, 11) is -1.59. The molecule has 1 fully saturated rings. The maximum absolute atomic E-state index is 12.4. The summed E-state index contributed by atoms with van der Waals surface area (Å²) in [5.41, 5.74) is 0. The van der Waals surface area contributed by atoms with Crippen molar-refractivity contribution < 1.29 is 8.42 Å². The minimum atomic E-state index is -3.27. The third kappa shape index (κ3) is 5.77. The van der Waals surface area contributed by atoms with Gasteiger partial charge in [-0.05, 0) is 31.7 Å². The maximum Gasteiger partial charge on any atom is 0.281 e. The molecule has 114 valence electrons. The fraction of sp³-hybridized carbons (Fsp3) is 1.00. The average molecular weight is 291 g/mol. The monoisotopic (exact) mass is 291 g/mol. The van der Waals surface area contributed by atoms with Gasteiger partial charge in [0.2, 0.25) is 0 Å². The van der Waals surface area contributed by atoms with Crippen LogP contribution in [0.5, 0.6) is 0 Å². The van der Waals surface area contributed by atoms with Gasteiger partial charge < -0.3 is 5.32 Å². The van der Waals surface area contributed by atoms with Crippen LogP contribution in [0.3, 0.4) is 0 Å². The Morgan fingerprint density at radius 1 is 1.32 bits per heavy atom. The van der Waals surface area contributed by atoms with Gasteiger partial charge in [0.05, 0.1) is 0 Å². The second kappa shape index (κ2) is 7.57. The smallest absolute Gasteiger partial charge is 0.281 e. The van der Waals surface area contributed by atoms with Crippen LogP contribution < -0.4 is 5.32 Å². The fourth-order valence-corrected chi connectivity index (χ4v) is 3.46. The van der Waals surface area contributed by atoms with Crippen molar-refractivity contribution in [1.82, 2.24) is 13.9 Å². The highest BCUT2D eigenvalue weighted by Crippen LogP contribution is 2.30. The molecule has 0 aliphatic heterocycles. The first-order valence-corrected chi connectivity index (χ1v) is 8.72. The molecule has 1 N–H and O–H groups in total. The summed E-state index contributed by atoms with van der Waals surface area (Å²) in [6, 6.07) is 0.448. The van der Waals surface area contributed by atoms with E-state index in [0.29, 0.717) is 31.6 Å². The van der Waals surface area contributed by atoms with Gasteiger partial charge >= 0.3 is 0 Å². The van der Waals surface area contributed by atoms with E-state index >= 15 is 0 Å². The van der Waals surface area contributed by atoms with Crippen LogP contribution in [0.4, 0.5) is 0 Å². The molecule has 1 saturated carbocycles. The van der Waals surface area contributed by atoms with Crippen LogP contribution >= 0.6 is 0 Å². The van der Waals surface area contributed by atoms with E-state index in [1.807, 2.05) is 6.92 Å². The van der Waals surface area contributed by atoms with Gasteiger partial charge in [0, 0.05) is 32.7 Å². The molecule has 0 atom stereocenters. The molecule has 1 aliphatic carbocycles. The van der Waals surface area contributed by atoms with Crippen LogP contribution in [0.15, 0.2) is 0 Å². The van der Waals surface area contributed by atoms with E-state index in [1.165, 1.54) is 17.1 Å². The zero-order valence-electron chi connectivity index (χ0n) is 12.7. The zero-order chi connectivity index (χ0) is 14.5. The zero-order valence-corrected chi connectivity index (χ0v) is 13.5. The molecule has 0 saturated heterocycles. The number of rotatable bonds is 10. The van der Waals surface area contributed by atoms with Gasteiger partial charge in [-0.3, -0.25) is 0 Å². The Kier molecular flexibility index (Phi) is 6.73. The molecule has 0 radical (unpaired) electrons. The number of hydrogen-bond acceptors (Lipinski definition) is 3. The highest BCUT2D eigenvalue weighted by Gasteiger charge is 2.31. The molecule has 0 unspecified atom stereocenters. The van der Waals surface area contributed by atoms with Gasteiger partial charge in [-0.1, -0.05) is 20.8 Å². The quantitative estimate of drug-likeness (QED) is 0.617. The maximum atomic E-state index is 12.4. The molecule has 0 spiro atoms. The Labute approximate surface area is 118 Å². The molecule has 0 aromatic carbocycles. The Morgan fingerprint density at radius 3 is 2.42 bits per heavy atom. The third-order valence-electron chi connectivity index (χ3n) is 3.43.